The molecule has 2 heterocycles. The molecule has 3 rings (SSSR count). The summed E-state index contributed by atoms with van der Waals surface area (Å²) in [5.41, 5.74) is 4.68. The molecule has 1 aromatic carbocycles. The highest BCUT2D eigenvalue weighted by molar-refractivity contribution is 7.09. The highest BCUT2D eigenvalue weighted by atomic mass is 32.1. The Morgan fingerprint density at radius 2 is 2.16 bits per heavy atom. The molecule has 0 radical (unpaired) electrons. The average molecular weight is 270 g/mol. The topological polar surface area (TPSA) is 46.0 Å². The summed E-state index contributed by atoms with van der Waals surface area (Å²) >= 11 is 1.57. The van der Waals surface area contributed by atoms with E-state index in [0.29, 0.717) is 6.42 Å². The van der Waals surface area contributed by atoms with Gasteiger partial charge in [-0.05, 0) is 30.7 Å². The van der Waals surface area contributed by atoms with E-state index >= 15 is 0 Å². The first kappa shape index (κ1) is 12.3. The fourth-order valence-corrected chi connectivity index (χ4v) is 2.74. The Bertz CT molecular complexity index is 694. The number of nitrogens with zero attached hydrogens (tertiary/aromatic N) is 2. The van der Waals surface area contributed by atoms with Gasteiger partial charge in [-0.1, -0.05) is 12.1 Å². The van der Waals surface area contributed by atoms with Gasteiger partial charge in [0.15, 0.2) is 0 Å². The number of aromatic nitrogens is 2. The van der Waals surface area contributed by atoms with E-state index in [-0.39, 0.29) is 0 Å². The molecule has 0 spiro atoms. The van der Waals surface area contributed by atoms with Crippen LogP contribution in [0.15, 0.2) is 42.0 Å². The van der Waals surface area contributed by atoms with Crippen molar-refractivity contribution in [1.29, 1.82) is 0 Å². The van der Waals surface area contributed by atoms with Gasteiger partial charge in [-0.15, -0.1) is 11.3 Å². The number of aryl methyl sites for hydroxylation is 1. The van der Waals surface area contributed by atoms with Gasteiger partial charge in [-0.2, -0.15) is 0 Å². The van der Waals surface area contributed by atoms with Crippen LogP contribution in [-0.2, 0) is 6.42 Å². The van der Waals surface area contributed by atoms with Crippen molar-refractivity contribution in [3.8, 4) is 0 Å². The van der Waals surface area contributed by atoms with Gasteiger partial charge in [0.1, 0.15) is 0 Å². The van der Waals surface area contributed by atoms with Crippen LogP contribution in [0.5, 0.6) is 0 Å². The minimum Gasteiger partial charge on any atom is -0.388 e. The Kier molecular flexibility index (Phi) is 3.27. The summed E-state index contributed by atoms with van der Waals surface area (Å²) in [4.78, 5) is 9.58. The molecule has 0 amide bonds. The molecule has 1 N–H and O–H groups in total. The van der Waals surface area contributed by atoms with Crippen LogP contribution in [0.1, 0.15) is 22.2 Å². The highest BCUT2D eigenvalue weighted by Crippen LogP contribution is 2.23. The molecule has 0 aliphatic heterocycles. The maximum Gasteiger partial charge on any atom is 0.0839 e. The van der Waals surface area contributed by atoms with Crippen molar-refractivity contribution in [3.05, 3.63) is 58.2 Å². The predicted molar refractivity (Wildman–Crippen MR) is 77.3 cm³/mol. The second kappa shape index (κ2) is 5.07. The maximum atomic E-state index is 10.3. The summed E-state index contributed by atoms with van der Waals surface area (Å²) in [6, 6.07) is 9.95. The zero-order valence-corrected chi connectivity index (χ0v) is 11.4. The molecule has 19 heavy (non-hydrogen) atoms. The number of aliphatic hydroxyl groups is 1. The van der Waals surface area contributed by atoms with E-state index < -0.39 is 6.10 Å². The first-order valence-corrected chi connectivity index (χ1v) is 7.03. The number of pyridine rings is 1. The van der Waals surface area contributed by atoms with Gasteiger partial charge in [0.05, 0.1) is 17.1 Å². The summed E-state index contributed by atoms with van der Waals surface area (Å²) in [5, 5.41) is 11.3. The lowest BCUT2D eigenvalue weighted by molar-refractivity contribution is 0.179. The number of hydrogen-bond acceptors (Lipinski definition) is 4. The summed E-state index contributed by atoms with van der Waals surface area (Å²) in [6.07, 6.45) is 1.92. The molecular weight excluding hydrogens is 256 g/mol. The predicted octanol–water partition coefficient (Wildman–Crippen LogP) is 3.28. The van der Waals surface area contributed by atoms with E-state index in [9.17, 15) is 5.11 Å². The van der Waals surface area contributed by atoms with Crippen LogP contribution in [-0.4, -0.2) is 15.1 Å². The molecule has 2 aromatic heterocycles. The lowest BCUT2D eigenvalue weighted by Gasteiger charge is -2.10. The fraction of sp³-hybridized carbons (Fsp3) is 0.200. The normalized spacial score (nSPS) is 12.7. The zero-order chi connectivity index (χ0) is 13.2. The number of thiazole rings is 1. The van der Waals surface area contributed by atoms with E-state index in [4.69, 9.17) is 0 Å². The summed E-state index contributed by atoms with van der Waals surface area (Å²) in [5.74, 6) is 0. The molecule has 3 nitrogen and oxygen atoms in total. The summed E-state index contributed by atoms with van der Waals surface area (Å²) < 4.78 is 0. The smallest absolute Gasteiger partial charge is 0.0839 e. The molecule has 96 valence electrons. The van der Waals surface area contributed by atoms with Crippen LogP contribution < -0.4 is 0 Å². The molecule has 0 fully saturated rings. The van der Waals surface area contributed by atoms with E-state index in [1.165, 1.54) is 0 Å². The van der Waals surface area contributed by atoms with Crippen molar-refractivity contribution in [2.45, 2.75) is 19.4 Å². The van der Waals surface area contributed by atoms with E-state index in [1.807, 2.05) is 37.3 Å². The Morgan fingerprint density at radius 3 is 2.95 bits per heavy atom. The Labute approximate surface area is 115 Å². The second-order valence-corrected chi connectivity index (χ2v) is 5.56. The molecule has 4 heteroatoms. The largest absolute Gasteiger partial charge is 0.388 e. The van der Waals surface area contributed by atoms with Crippen molar-refractivity contribution in [2.75, 3.05) is 0 Å². The van der Waals surface area contributed by atoms with Crippen LogP contribution in [0.25, 0.3) is 10.9 Å². The van der Waals surface area contributed by atoms with Gasteiger partial charge in [0.2, 0.25) is 0 Å². The third-order valence-corrected chi connectivity index (χ3v) is 3.92. The van der Waals surface area contributed by atoms with Crippen molar-refractivity contribution in [3.63, 3.8) is 0 Å². The van der Waals surface area contributed by atoms with Crippen LogP contribution in [0, 0.1) is 6.92 Å². The van der Waals surface area contributed by atoms with Crippen LogP contribution in [0.4, 0.5) is 0 Å². The van der Waals surface area contributed by atoms with Crippen molar-refractivity contribution in [2.24, 2.45) is 0 Å². The monoisotopic (exact) mass is 270 g/mol. The molecular formula is C15H14N2OS. The maximum absolute atomic E-state index is 10.3. The molecule has 0 saturated carbocycles. The van der Waals surface area contributed by atoms with Gasteiger partial charge in [0, 0.05) is 28.6 Å². The third-order valence-electron chi connectivity index (χ3n) is 3.12. The number of benzene rings is 1. The number of rotatable bonds is 3. The lowest BCUT2D eigenvalue weighted by Crippen LogP contribution is -2.00. The van der Waals surface area contributed by atoms with Crippen LogP contribution >= 0.6 is 11.3 Å². The molecule has 0 saturated heterocycles. The average Bonchev–Trinajstić information content (AvgIpc) is 2.91. The molecule has 3 aromatic rings. The quantitative estimate of drug-likeness (QED) is 0.794. The molecule has 0 aliphatic carbocycles. The number of hydrogen-bond donors (Lipinski definition) is 1. The minimum atomic E-state index is -0.494. The van der Waals surface area contributed by atoms with E-state index in [0.717, 1.165) is 27.0 Å². The highest BCUT2D eigenvalue weighted by Gasteiger charge is 2.10. The fourth-order valence-electron chi connectivity index (χ4n) is 2.10. The SMILES string of the molecule is Cc1ccc2cc(C(O)Cc3cncs3)ccc2n1. The Morgan fingerprint density at radius 1 is 1.26 bits per heavy atom. The number of aliphatic hydroxyl groups excluding tert-OH is 1. The van der Waals surface area contributed by atoms with Crippen molar-refractivity contribution in [1.82, 2.24) is 9.97 Å². The van der Waals surface area contributed by atoms with Crippen LogP contribution in [0.3, 0.4) is 0 Å². The van der Waals surface area contributed by atoms with E-state index in [2.05, 4.69) is 9.97 Å². The summed E-state index contributed by atoms with van der Waals surface area (Å²) in [7, 11) is 0. The summed E-state index contributed by atoms with van der Waals surface area (Å²) in [6.45, 7) is 1.98. The van der Waals surface area contributed by atoms with Crippen molar-refractivity contribution < 1.29 is 5.11 Å². The molecule has 0 aliphatic rings. The molecule has 1 unspecified atom stereocenters. The lowest BCUT2D eigenvalue weighted by atomic mass is 10.0. The Hall–Kier alpha value is -1.78. The third kappa shape index (κ3) is 2.64. The standard InChI is InChI=1S/C15H14N2OS/c1-10-2-3-11-6-12(4-5-14(11)17-10)15(18)7-13-8-16-9-19-13/h2-6,8-9,15,18H,7H2,1H3. The van der Waals surface area contributed by atoms with Crippen LogP contribution in [0.2, 0.25) is 0 Å². The van der Waals surface area contributed by atoms with Gasteiger partial charge < -0.3 is 5.11 Å². The van der Waals surface area contributed by atoms with Gasteiger partial charge in [-0.25, -0.2) is 0 Å². The minimum absolute atomic E-state index is 0.494. The Balaban J connectivity index is 1.90. The zero-order valence-electron chi connectivity index (χ0n) is 10.6. The van der Waals surface area contributed by atoms with Gasteiger partial charge in [0.25, 0.3) is 0 Å². The van der Waals surface area contributed by atoms with Crippen molar-refractivity contribution >= 4 is 22.2 Å². The first-order valence-electron chi connectivity index (χ1n) is 6.15. The second-order valence-electron chi connectivity index (χ2n) is 4.59. The first-order chi connectivity index (χ1) is 9.22. The number of fused-ring (bicyclic) bond motifs is 1. The van der Waals surface area contributed by atoms with Gasteiger partial charge in [-0.3, -0.25) is 9.97 Å². The van der Waals surface area contributed by atoms with Gasteiger partial charge >= 0.3 is 0 Å². The van der Waals surface area contributed by atoms with E-state index in [1.54, 1.807) is 23.0 Å². The molecule has 0 bridgehead atoms. The molecule has 1 atom stereocenters.